The minimum absolute atomic E-state index is 0.0800. The molecule has 1 aliphatic rings. The Bertz CT molecular complexity index is 167. The molecule has 1 fully saturated rings. The Kier molecular flexibility index (Phi) is 4.83. The Morgan fingerprint density at radius 2 is 2.00 bits per heavy atom. The summed E-state index contributed by atoms with van der Waals surface area (Å²) in [4.78, 5) is 0.331. The van der Waals surface area contributed by atoms with Crippen molar-refractivity contribution in [2.24, 2.45) is 0 Å². The van der Waals surface area contributed by atoms with Gasteiger partial charge in [-0.3, -0.25) is 0 Å². The molecule has 1 heterocycles. The van der Waals surface area contributed by atoms with Crippen LogP contribution in [0.25, 0.3) is 0 Å². The van der Waals surface area contributed by atoms with Gasteiger partial charge in [0, 0.05) is 0 Å². The summed E-state index contributed by atoms with van der Waals surface area (Å²) in [7, 11) is 0. The number of halogens is 1. The van der Waals surface area contributed by atoms with Gasteiger partial charge in [0.1, 0.15) is 0 Å². The van der Waals surface area contributed by atoms with E-state index in [4.69, 9.17) is 14.2 Å². The molecule has 0 aromatic carbocycles. The van der Waals surface area contributed by atoms with Crippen LogP contribution < -0.4 is 0 Å². The van der Waals surface area contributed by atoms with Crippen molar-refractivity contribution in [2.75, 3.05) is 26.4 Å². The molecule has 2 atom stereocenters. The van der Waals surface area contributed by atoms with Crippen molar-refractivity contribution in [3.05, 3.63) is 0 Å². The van der Waals surface area contributed by atoms with Gasteiger partial charge in [-0.1, -0.05) is 15.9 Å². The molecule has 0 radical (unpaired) electrons. The summed E-state index contributed by atoms with van der Waals surface area (Å²) >= 11 is 3.51. The molecular weight excluding hydrogens is 248 g/mol. The van der Waals surface area contributed by atoms with Gasteiger partial charge in [-0.2, -0.15) is 0 Å². The molecule has 0 aromatic rings. The fourth-order valence-electron chi connectivity index (χ4n) is 1.21. The minimum atomic E-state index is -0.0800. The van der Waals surface area contributed by atoms with E-state index in [1.807, 2.05) is 20.8 Å². The predicted octanol–water partition coefficient (Wildman–Crippen LogP) is 1.98. The van der Waals surface area contributed by atoms with E-state index in [1.54, 1.807) is 0 Å². The fraction of sp³-hybridized carbons (Fsp3) is 1.00. The van der Waals surface area contributed by atoms with Crippen molar-refractivity contribution < 1.29 is 14.2 Å². The van der Waals surface area contributed by atoms with Crippen LogP contribution in [0, 0.1) is 0 Å². The first kappa shape index (κ1) is 12.4. The zero-order chi connectivity index (χ0) is 10.6. The maximum atomic E-state index is 5.61. The SMILES string of the molecule is CC(C)(C)OCCOC1COCC1Br. The highest BCUT2D eigenvalue weighted by Gasteiger charge is 2.26. The van der Waals surface area contributed by atoms with E-state index in [2.05, 4.69) is 15.9 Å². The third kappa shape index (κ3) is 4.73. The molecule has 14 heavy (non-hydrogen) atoms. The lowest BCUT2D eigenvalue weighted by Gasteiger charge is -2.20. The minimum Gasteiger partial charge on any atom is -0.377 e. The van der Waals surface area contributed by atoms with E-state index in [1.165, 1.54) is 0 Å². The van der Waals surface area contributed by atoms with E-state index < -0.39 is 0 Å². The number of alkyl halides is 1. The van der Waals surface area contributed by atoms with Gasteiger partial charge in [-0.25, -0.2) is 0 Å². The summed E-state index contributed by atoms with van der Waals surface area (Å²) in [5.41, 5.74) is -0.0800. The van der Waals surface area contributed by atoms with Crippen molar-refractivity contribution in [3.63, 3.8) is 0 Å². The molecule has 0 saturated carbocycles. The topological polar surface area (TPSA) is 27.7 Å². The van der Waals surface area contributed by atoms with Gasteiger partial charge in [-0.15, -0.1) is 0 Å². The van der Waals surface area contributed by atoms with Gasteiger partial charge in [0.15, 0.2) is 0 Å². The molecule has 84 valence electrons. The van der Waals surface area contributed by atoms with E-state index in [9.17, 15) is 0 Å². The Balaban J connectivity index is 2.04. The van der Waals surface area contributed by atoms with Crippen LogP contribution in [0.4, 0.5) is 0 Å². The zero-order valence-electron chi connectivity index (χ0n) is 9.09. The molecule has 4 heteroatoms. The first-order valence-electron chi connectivity index (χ1n) is 4.96. The van der Waals surface area contributed by atoms with Gasteiger partial charge in [-0.05, 0) is 20.8 Å². The van der Waals surface area contributed by atoms with Gasteiger partial charge in [0.25, 0.3) is 0 Å². The van der Waals surface area contributed by atoms with Gasteiger partial charge < -0.3 is 14.2 Å². The summed E-state index contributed by atoms with van der Waals surface area (Å²) < 4.78 is 16.4. The summed E-state index contributed by atoms with van der Waals surface area (Å²) in [5, 5.41) is 0. The van der Waals surface area contributed by atoms with Gasteiger partial charge in [0.2, 0.25) is 0 Å². The van der Waals surface area contributed by atoms with Crippen LogP contribution in [0.15, 0.2) is 0 Å². The van der Waals surface area contributed by atoms with E-state index in [-0.39, 0.29) is 11.7 Å². The highest BCUT2D eigenvalue weighted by Crippen LogP contribution is 2.17. The predicted molar refractivity (Wildman–Crippen MR) is 59.0 cm³/mol. The molecule has 0 aromatic heterocycles. The van der Waals surface area contributed by atoms with Gasteiger partial charge >= 0.3 is 0 Å². The molecule has 0 amide bonds. The molecule has 0 aliphatic carbocycles. The maximum Gasteiger partial charge on any atom is 0.0956 e. The highest BCUT2D eigenvalue weighted by atomic mass is 79.9. The quantitative estimate of drug-likeness (QED) is 0.576. The first-order chi connectivity index (χ1) is 6.49. The molecular formula is C10H19BrO3. The Morgan fingerprint density at radius 3 is 2.50 bits per heavy atom. The molecule has 1 aliphatic heterocycles. The molecule has 0 spiro atoms. The monoisotopic (exact) mass is 266 g/mol. The van der Waals surface area contributed by atoms with Crippen molar-refractivity contribution >= 4 is 15.9 Å². The Morgan fingerprint density at radius 1 is 1.29 bits per heavy atom. The Hall–Kier alpha value is 0.360. The van der Waals surface area contributed by atoms with Crippen molar-refractivity contribution in [1.29, 1.82) is 0 Å². The number of ether oxygens (including phenoxy) is 3. The molecule has 3 nitrogen and oxygen atoms in total. The van der Waals surface area contributed by atoms with Crippen LogP contribution in [0.3, 0.4) is 0 Å². The summed E-state index contributed by atoms with van der Waals surface area (Å²) in [5.74, 6) is 0. The lowest BCUT2D eigenvalue weighted by atomic mass is 10.2. The van der Waals surface area contributed by atoms with Crippen molar-refractivity contribution in [1.82, 2.24) is 0 Å². The lowest BCUT2D eigenvalue weighted by molar-refractivity contribution is -0.0511. The largest absolute Gasteiger partial charge is 0.377 e. The van der Waals surface area contributed by atoms with E-state index in [0.29, 0.717) is 24.6 Å². The average Bonchev–Trinajstić information content (AvgIpc) is 2.44. The van der Waals surface area contributed by atoms with Crippen LogP contribution in [0.1, 0.15) is 20.8 Å². The third-order valence-electron chi connectivity index (χ3n) is 1.91. The fourth-order valence-corrected chi connectivity index (χ4v) is 1.70. The maximum absolute atomic E-state index is 5.61. The molecule has 0 bridgehead atoms. The molecule has 1 saturated heterocycles. The van der Waals surface area contributed by atoms with Crippen molar-refractivity contribution in [3.8, 4) is 0 Å². The molecule has 2 unspecified atom stereocenters. The van der Waals surface area contributed by atoms with Crippen LogP contribution in [0.2, 0.25) is 0 Å². The van der Waals surface area contributed by atoms with Crippen LogP contribution in [0.5, 0.6) is 0 Å². The summed E-state index contributed by atoms with van der Waals surface area (Å²) in [6, 6.07) is 0. The smallest absolute Gasteiger partial charge is 0.0956 e. The highest BCUT2D eigenvalue weighted by molar-refractivity contribution is 9.09. The second-order valence-electron chi connectivity index (χ2n) is 4.42. The van der Waals surface area contributed by atoms with Crippen LogP contribution in [-0.4, -0.2) is 43.0 Å². The van der Waals surface area contributed by atoms with E-state index in [0.717, 1.165) is 6.61 Å². The lowest BCUT2D eigenvalue weighted by Crippen LogP contribution is -2.27. The van der Waals surface area contributed by atoms with Crippen LogP contribution in [-0.2, 0) is 14.2 Å². The average molecular weight is 267 g/mol. The number of rotatable bonds is 4. The van der Waals surface area contributed by atoms with E-state index >= 15 is 0 Å². The Labute approximate surface area is 94.2 Å². The second kappa shape index (κ2) is 5.45. The standard InChI is InChI=1S/C10H19BrO3/c1-10(2,3)14-5-4-13-9-7-12-6-8(9)11/h8-9H,4-7H2,1-3H3. The number of hydrogen-bond acceptors (Lipinski definition) is 3. The van der Waals surface area contributed by atoms with Gasteiger partial charge in [0.05, 0.1) is 43.0 Å². The van der Waals surface area contributed by atoms with Crippen LogP contribution >= 0.6 is 15.9 Å². The number of hydrogen-bond donors (Lipinski definition) is 0. The normalized spacial score (nSPS) is 28.3. The third-order valence-corrected chi connectivity index (χ3v) is 2.77. The van der Waals surface area contributed by atoms with Crippen molar-refractivity contribution in [2.45, 2.75) is 37.3 Å². The summed E-state index contributed by atoms with van der Waals surface area (Å²) in [6.07, 6.45) is 0.179. The second-order valence-corrected chi connectivity index (χ2v) is 5.60. The summed E-state index contributed by atoms with van der Waals surface area (Å²) in [6.45, 7) is 8.82. The zero-order valence-corrected chi connectivity index (χ0v) is 10.7. The molecule has 0 N–H and O–H groups in total. The molecule has 1 rings (SSSR count). The first-order valence-corrected chi connectivity index (χ1v) is 5.88.